The van der Waals surface area contributed by atoms with E-state index in [0.29, 0.717) is 18.0 Å². The average Bonchev–Trinajstić information content (AvgIpc) is 2.36. The van der Waals surface area contributed by atoms with Gasteiger partial charge in [0.15, 0.2) is 5.69 Å². The minimum atomic E-state index is -0.861. The summed E-state index contributed by atoms with van der Waals surface area (Å²) in [5.41, 5.74) is 6.22. The second-order valence-electron chi connectivity index (χ2n) is 5.13. The third-order valence-electron chi connectivity index (χ3n) is 2.78. The number of anilines is 1. The van der Waals surface area contributed by atoms with Crippen LogP contribution >= 0.6 is 0 Å². The zero-order chi connectivity index (χ0) is 15.3. The van der Waals surface area contributed by atoms with Crippen molar-refractivity contribution in [3.63, 3.8) is 0 Å². The first kappa shape index (κ1) is 16.6. The fraction of sp³-hybridized carbons (Fsp3) is 0.615. The van der Waals surface area contributed by atoms with Crippen LogP contribution in [-0.4, -0.2) is 38.1 Å². The first-order valence-corrected chi connectivity index (χ1v) is 8.27. The van der Waals surface area contributed by atoms with E-state index in [2.05, 4.69) is 15.3 Å². The van der Waals surface area contributed by atoms with Crippen LogP contribution in [0.1, 0.15) is 49.4 Å². The first-order chi connectivity index (χ1) is 9.31. The summed E-state index contributed by atoms with van der Waals surface area (Å²) in [6.45, 7) is 5.77. The molecule has 6 nitrogen and oxygen atoms in total. The van der Waals surface area contributed by atoms with E-state index in [-0.39, 0.29) is 29.2 Å². The number of carbonyl (C=O) groups excluding carboxylic acids is 1. The standard InChI is InChI=1S/C13H22N4O2S/c1-8(2)12-15-7-10(14)11(17-12)13(18)16-9(3)5-6-20(4)19/h7-9H,5-6,14H2,1-4H3,(H,16,18). The Morgan fingerprint density at radius 1 is 1.45 bits per heavy atom. The van der Waals surface area contributed by atoms with E-state index in [4.69, 9.17) is 5.73 Å². The second-order valence-corrected chi connectivity index (χ2v) is 6.68. The predicted molar refractivity (Wildman–Crippen MR) is 81.0 cm³/mol. The predicted octanol–water partition coefficient (Wildman–Crippen LogP) is 1.07. The molecule has 0 aliphatic heterocycles. The highest BCUT2D eigenvalue weighted by Gasteiger charge is 2.16. The average molecular weight is 298 g/mol. The number of carbonyl (C=O) groups is 1. The second kappa shape index (κ2) is 7.33. The topological polar surface area (TPSA) is 98.0 Å². The lowest BCUT2D eigenvalue weighted by Gasteiger charge is -2.14. The molecule has 0 aromatic carbocycles. The van der Waals surface area contributed by atoms with Crippen LogP contribution in [-0.2, 0) is 10.8 Å². The smallest absolute Gasteiger partial charge is 0.272 e. The third kappa shape index (κ3) is 4.88. The van der Waals surface area contributed by atoms with Gasteiger partial charge in [-0.1, -0.05) is 13.8 Å². The van der Waals surface area contributed by atoms with Gasteiger partial charge in [0, 0.05) is 34.8 Å². The molecule has 0 spiro atoms. The molecule has 0 radical (unpaired) electrons. The lowest BCUT2D eigenvalue weighted by atomic mass is 10.2. The zero-order valence-corrected chi connectivity index (χ0v) is 13.2. The van der Waals surface area contributed by atoms with Crippen molar-refractivity contribution in [1.29, 1.82) is 0 Å². The van der Waals surface area contributed by atoms with E-state index in [1.54, 1.807) is 6.26 Å². The Balaban J connectivity index is 2.76. The SMILES string of the molecule is CC(CCS(C)=O)NC(=O)c1nc(C(C)C)ncc1N. The maximum Gasteiger partial charge on any atom is 0.272 e. The van der Waals surface area contributed by atoms with Gasteiger partial charge in [0.2, 0.25) is 0 Å². The van der Waals surface area contributed by atoms with Gasteiger partial charge in [-0.15, -0.1) is 0 Å². The van der Waals surface area contributed by atoms with Crippen molar-refractivity contribution in [1.82, 2.24) is 15.3 Å². The largest absolute Gasteiger partial charge is 0.396 e. The highest BCUT2D eigenvalue weighted by atomic mass is 32.2. The fourth-order valence-electron chi connectivity index (χ4n) is 1.57. The van der Waals surface area contributed by atoms with Crippen LogP contribution in [0.3, 0.4) is 0 Å². The van der Waals surface area contributed by atoms with E-state index in [9.17, 15) is 9.00 Å². The molecule has 0 bridgehead atoms. The summed E-state index contributed by atoms with van der Waals surface area (Å²) in [5, 5.41) is 2.81. The highest BCUT2D eigenvalue weighted by molar-refractivity contribution is 7.84. The van der Waals surface area contributed by atoms with Gasteiger partial charge in [0.25, 0.3) is 5.91 Å². The van der Waals surface area contributed by atoms with Crippen molar-refractivity contribution in [3.8, 4) is 0 Å². The van der Waals surface area contributed by atoms with E-state index < -0.39 is 10.8 Å². The van der Waals surface area contributed by atoms with E-state index >= 15 is 0 Å². The Morgan fingerprint density at radius 3 is 2.65 bits per heavy atom. The van der Waals surface area contributed by atoms with Crippen molar-refractivity contribution < 1.29 is 9.00 Å². The molecule has 3 N–H and O–H groups in total. The summed E-state index contributed by atoms with van der Waals surface area (Å²) in [7, 11) is -0.861. The number of amides is 1. The third-order valence-corrected chi connectivity index (χ3v) is 3.59. The van der Waals surface area contributed by atoms with Crippen LogP contribution in [0.15, 0.2) is 6.20 Å². The van der Waals surface area contributed by atoms with Crippen LogP contribution in [0.5, 0.6) is 0 Å². The number of hydrogen-bond acceptors (Lipinski definition) is 5. The van der Waals surface area contributed by atoms with E-state index in [1.807, 2.05) is 20.8 Å². The monoisotopic (exact) mass is 298 g/mol. The van der Waals surface area contributed by atoms with Gasteiger partial charge in [0.05, 0.1) is 11.9 Å². The molecule has 1 aromatic rings. The Kier molecular flexibility index (Phi) is 6.06. The molecule has 1 amide bonds. The fourth-order valence-corrected chi connectivity index (χ4v) is 2.26. The summed E-state index contributed by atoms with van der Waals surface area (Å²) in [4.78, 5) is 20.5. The van der Waals surface area contributed by atoms with Gasteiger partial charge >= 0.3 is 0 Å². The molecule has 112 valence electrons. The normalized spacial score (nSPS) is 14.1. The Hall–Kier alpha value is -1.50. The maximum absolute atomic E-state index is 12.1. The molecule has 1 heterocycles. The molecule has 2 unspecified atom stereocenters. The first-order valence-electron chi connectivity index (χ1n) is 6.54. The molecule has 0 saturated heterocycles. The van der Waals surface area contributed by atoms with Gasteiger partial charge in [-0.25, -0.2) is 9.97 Å². The zero-order valence-electron chi connectivity index (χ0n) is 12.3. The van der Waals surface area contributed by atoms with Crippen molar-refractivity contribution >= 4 is 22.4 Å². The number of nitrogens with one attached hydrogen (secondary N) is 1. The van der Waals surface area contributed by atoms with Crippen molar-refractivity contribution in [3.05, 3.63) is 17.7 Å². The molecule has 2 atom stereocenters. The number of nitrogens with two attached hydrogens (primary N) is 1. The lowest BCUT2D eigenvalue weighted by Crippen LogP contribution is -2.34. The van der Waals surface area contributed by atoms with Gasteiger partial charge in [-0.3, -0.25) is 9.00 Å². The van der Waals surface area contributed by atoms with Crippen molar-refractivity contribution in [2.75, 3.05) is 17.7 Å². The van der Waals surface area contributed by atoms with Crippen LogP contribution in [0.25, 0.3) is 0 Å². The highest BCUT2D eigenvalue weighted by Crippen LogP contribution is 2.13. The number of rotatable bonds is 6. The van der Waals surface area contributed by atoms with Crippen LogP contribution in [0.2, 0.25) is 0 Å². The molecular formula is C13H22N4O2S. The Morgan fingerprint density at radius 2 is 2.10 bits per heavy atom. The summed E-state index contributed by atoms with van der Waals surface area (Å²) in [6, 6.07) is -0.0803. The summed E-state index contributed by atoms with van der Waals surface area (Å²) in [6.07, 6.45) is 3.76. The number of nitrogen functional groups attached to an aromatic ring is 1. The molecule has 20 heavy (non-hydrogen) atoms. The van der Waals surface area contributed by atoms with Gasteiger partial charge in [-0.2, -0.15) is 0 Å². The van der Waals surface area contributed by atoms with Crippen LogP contribution < -0.4 is 11.1 Å². The van der Waals surface area contributed by atoms with Gasteiger partial charge in [0.1, 0.15) is 5.82 Å². The van der Waals surface area contributed by atoms with E-state index in [1.165, 1.54) is 6.20 Å². The Bertz CT molecular complexity index is 505. The van der Waals surface area contributed by atoms with Gasteiger partial charge < -0.3 is 11.1 Å². The Labute approximate surface area is 122 Å². The molecule has 7 heteroatoms. The lowest BCUT2D eigenvalue weighted by molar-refractivity contribution is 0.0935. The maximum atomic E-state index is 12.1. The molecule has 1 aromatic heterocycles. The van der Waals surface area contributed by atoms with E-state index in [0.717, 1.165) is 0 Å². The van der Waals surface area contributed by atoms with Crippen LogP contribution in [0.4, 0.5) is 5.69 Å². The minimum absolute atomic E-state index is 0.0803. The van der Waals surface area contributed by atoms with Crippen molar-refractivity contribution in [2.24, 2.45) is 0 Å². The molecule has 1 rings (SSSR count). The molecule has 0 saturated carbocycles. The summed E-state index contributed by atoms with van der Waals surface area (Å²) in [5.74, 6) is 0.952. The summed E-state index contributed by atoms with van der Waals surface area (Å²) < 4.78 is 11.0. The number of nitrogens with zero attached hydrogens (tertiary/aromatic N) is 2. The van der Waals surface area contributed by atoms with Gasteiger partial charge in [-0.05, 0) is 13.3 Å². The molecule has 0 aliphatic rings. The number of hydrogen-bond donors (Lipinski definition) is 2. The summed E-state index contributed by atoms with van der Waals surface area (Å²) >= 11 is 0. The van der Waals surface area contributed by atoms with Crippen molar-refractivity contribution in [2.45, 2.75) is 39.2 Å². The number of aromatic nitrogens is 2. The molecular weight excluding hydrogens is 276 g/mol. The quantitative estimate of drug-likeness (QED) is 0.818. The molecule has 0 fully saturated rings. The minimum Gasteiger partial charge on any atom is -0.396 e. The molecule has 0 aliphatic carbocycles. The van der Waals surface area contributed by atoms with Crippen LogP contribution in [0, 0.1) is 0 Å².